The minimum Gasteiger partial charge on any atom is -0.200 e. The average molecular weight is 508 g/mol. The van der Waals surface area contributed by atoms with E-state index in [0.29, 0.717) is 12.8 Å². The summed E-state index contributed by atoms with van der Waals surface area (Å²) in [7, 11) is 0. The fraction of sp³-hybridized carbons (Fsp3) is 1.00. The molecule has 0 aromatic rings. The van der Waals surface area contributed by atoms with Crippen molar-refractivity contribution in [2.75, 3.05) is 0 Å². The van der Waals surface area contributed by atoms with Crippen molar-refractivity contribution in [3.05, 3.63) is 0 Å². The summed E-state index contributed by atoms with van der Waals surface area (Å²) in [6.45, 7) is 2.75. The zero-order valence-corrected chi connectivity index (χ0v) is 15.2. The Morgan fingerprint density at radius 1 is 0.680 bits per heavy atom. The van der Waals surface area contributed by atoms with Crippen LogP contribution in [0, 0.1) is 0 Å². The van der Waals surface area contributed by atoms with Crippen LogP contribution in [-0.4, -0.2) is 33.3 Å². The van der Waals surface area contributed by atoms with Crippen molar-refractivity contribution in [2.24, 2.45) is 0 Å². The molecular weight excluding hydrogens is 492 g/mol. The summed E-state index contributed by atoms with van der Waals surface area (Å²) in [5.74, 6) is -27.3. The predicted octanol–water partition coefficient (Wildman–Crippen LogP) is 7.25. The Morgan fingerprint density at radius 2 is 1.12 bits per heavy atom. The van der Waals surface area contributed by atoms with Gasteiger partial charge in [0.15, 0.2) is 0 Å². The van der Waals surface area contributed by atoms with Gasteiger partial charge in [0.1, 0.15) is 0 Å². The minimum atomic E-state index is -7.32. The molecule has 0 bridgehead atoms. The van der Waals surface area contributed by atoms with Crippen LogP contribution in [0.1, 0.15) is 46.0 Å². The van der Waals surface area contributed by atoms with Crippen molar-refractivity contribution in [1.29, 1.82) is 0 Å². The number of hydrogen-bond donors (Lipinski definition) is 0. The van der Waals surface area contributed by atoms with Crippen molar-refractivity contribution in [2.45, 2.75) is 79.2 Å². The number of halogens is 12. The second kappa shape index (κ2) is 7.53. The van der Waals surface area contributed by atoms with Crippen LogP contribution < -0.4 is 0 Å². The van der Waals surface area contributed by atoms with E-state index in [1.807, 2.05) is 0 Å². The normalized spacial score (nSPS) is 17.5. The summed E-state index contributed by atoms with van der Waals surface area (Å²) >= 11 is 1.28. The Balaban J connectivity index is 5.66. The molecule has 0 aliphatic rings. The lowest BCUT2D eigenvalue weighted by atomic mass is 9.89. The maximum atomic E-state index is 13.7. The van der Waals surface area contributed by atoms with Gasteiger partial charge in [-0.3, -0.25) is 0 Å². The van der Waals surface area contributed by atoms with Crippen molar-refractivity contribution >= 4 is 22.6 Å². The third kappa shape index (κ3) is 5.02. The van der Waals surface area contributed by atoms with Gasteiger partial charge in [-0.2, -0.15) is 48.3 Å². The van der Waals surface area contributed by atoms with Crippen molar-refractivity contribution in [1.82, 2.24) is 0 Å². The summed E-state index contributed by atoms with van der Waals surface area (Å²) < 4.78 is 140. The van der Waals surface area contributed by atoms with Crippen molar-refractivity contribution < 1.29 is 48.3 Å². The molecule has 0 saturated heterocycles. The van der Waals surface area contributed by atoms with E-state index in [1.165, 1.54) is 22.6 Å². The van der Waals surface area contributed by atoms with Gasteiger partial charge in [0.05, 0.1) is 0 Å². The van der Waals surface area contributed by atoms with E-state index >= 15 is 0 Å². The van der Waals surface area contributed by atoms with Gasteiger partial charge in [-0.1, -0.05) is 55.7 Å². The lowest BCUT2D eigenvalue weighted by Gasteiger charge is -2.39. The fourth-order valence-electron chi connectivity index (χ4n) is 2.01. The zero-order chi connectivity index (χ0) is 20.5. The predicted molar refractivity (Wildman–Crippen MR) is 77.0 cm³/mol. The maximum Gasteiger partial charge on any atom is 0.460 e. The van der Waals surface area contributed by atoms with Crippen LogP contribution in [0.2, 0.25) is 0 Å². The highest BCUT2D eigenvalue weighted by molar-refractivity contribution is 14.1. The van der Waals surface area contributed by atoms with Gasteiger partial charge in [0.25, 0.3) is 0 Å². The van der Waals surface area contributed by atoms with Crippen LogP contribution in [-0.2, 0) is 0 Å². The van der Waals surface area contributed by atoms with E-state index in [0.717, 1.165) is 6.92 Å². The van der Waals surface area contributed by atoms with Gasteiger partial charge in [0, 0.05) is 9.84 Å². The molecule has 152 valence electrons. The van der Waals surface area contributed by atoms with Crippen molar-refractivity contribution in [3.63, 3.8) is 0 Å². The third-order valence-electron chi connectivity index (χ3n) is 3.50. The molecule has 0 aliphatic heterocycles. The van der Waals surface area contributed by atoms with Crippen LogP contribution in [0.15, 0.2) is 0 Å². The Morgan fingerprint density at radius 3 is 1.48 bits per heavy atom. The van der Waals surface area contributed by atoms with Gasteiger partial charge in [-0.05, 0) is 6.42 Å². The van der Waals surface area contributed by atoms with Crippen LogP contribution in [0.25, 0.3) is 0 Å². The molecule has 1 atom stereocenters. The lowest BCUT2D eigenvalue weighted by molar-refractivity contribution is -0.422. The molecule has 0 aromatic heterocycles. The highest BCUT2D eigenvalue weighted by Crippen LogP contribution is 2.59. The van der Waals surface area contributed by atoms with Crippen LogP contribution in [0.4, 0.5) is 48.3 Å². The summed E-state index contributed by atoms with van der Waals surface area (Å²) in [5, 5.41) is 0. The molecule has 0 N–H and O–H groups in total. The number of rotatable bonds is 9. The van der Waals surface area contributed by atoms with Gasteiger partial charge < -0.3 is 0 Å². The minimum absolute atomic E-state index is 0.131. The molecule has 0 rings (SSSR count). The molecule has 0 fully saturated rings. The summed E-state index contributed by atoms with van der Waals surface area (Å²) in [6.07, 6.45) is -7.81. The maximum absolute atomic E-state index is 13.7. The van der Waals surface area contributed by atoms with E-state index in [-0.39, 0.29) is 12.8 Å². The molecule has 0 aromatic carbocycles. The van der Waals surface area contributed by atoms with Gasteiger partial charge in [0.2, 0.25) is 0 Å². The fourth-order valence-corrected chi connectivity index (χ4v) is 2.87. The highest BCUT2D eigenvalue weighted by Gasteiger charge is 2.87. The molecule has 0 heterocycles. The van der Waals surface area contributed by atoms with Gasteiger partial charge in [-0.15, -0.1) is 0 Å². The van der Waals surface area contributed by atoms with Crippen LogP contribution >= 0.6 is 22.6 Å². The van der Waals surface area contributed by atoms with E-state index < -0.39 is 39.7 Å². The molecule has 0 aliphatic carbocycles. The monoisotopic (exact) mass is 508 g/mol. The van der Waals surface area contributed by atoms with E-state index in [9.17, 15) is 48.3 Å². The first-order chi connectivity index (χ1) is 10.8. The standard InChI is InChI=1S/C13H16F11I/c1-3-4-5-6-8(2,25)7-9(14,15)10(16,17)11(18,19)12(20,21)13(22,23)24/h3-7H2,1-2H3. The Labute approximate surface area is 150 Å². The summed E-state index contributed by atoms with van der Waals surface area (Å²) in [5.41, 5.74) is 0. The number of alkyl halides is 12. The molecule has 0 radical (unpaired) electrons. The van der Waals surface area contributed by atoms with Gasteiger partial charge in [-0.25, -0.2) is 0 Å². The van der Waals surface area contributed by atoms with Crippen LogP contribution in [0.3, 0.4) is 0 Å². The number of hydrogen-bond acceptors (Lipinski definition) is 0. The molecule has 0 saturated carbocycles. The average Bonchev–Trinajstić information content (AvgIpc) is 2.35. The first kappa shape index (κ1) is 25.0. The van der Waals surface area contributed by atoms with E-state index in [4.69, 9.17) is 0 Å². The van der Waals surface area contributed by atoms with Gasteiger partial charge >= 0.3 is 29.9 Å². The molecule has 12 heteroatoms. The lowest BCUT2D eigenvalue weighted by Crippen LogP contribution is -2.67. The second-order valence-electron chi connectivity index (χ2n) is 5.97. The van der Waals surface area contributed by atoms with E-state index in [1.54, 1.807) is 6.92 Å². The summed E-state index contributed by atoms with van der Waals surface area (Å²) in [4.78, 5) is 0. The topological polar surface area (TPSA) is 0 Å². The SMILES string of the molecule is CCCCCC(C)(I)CC(F)(F)C(F)(F)C(F)(F)C(F)(F)C(F)(F)F. The third-order valence-corrected chi connectivity index (χ3v) is 4.42. The Hall–Kier alpha value is -0.0400. The highest BCUT2D eigenvalue weighted by atomic mass is 127. The Bertz CT molecular complexity index is 440. The first-order valence-corrected chi connectivity index (χ1v) is 8.11. The molecule has 25 heavy (non-hydrogen) atoms. The number of unbranched alkanes of at least 4 members (excludes halogenated alkanes) is 2. The first-order valence-electron chi connectivity index (χ1n) is 7.04. The largest absolute Gasteiger partial charge is 0.460 e. The molecule has 1 unspecified atom stereocenters. The quantitative estimate of drug-likeness (QED) is 0.133. The van der Waals surface area contributed by atoms with Crippen molar-refractivity contribution in [3.8, 4) is 0 Å². The zero-order valence-electron chi connectivity index (χ0n) is 13.1. The van der Waals surface area contributed by atoms with E-state index in [2.05, 4.69) is 0 Å². The molecule has 0 nitrogen and oxygen atoms in total. The smallest absolute Gasteiger partial charge is 0.200 e. The molecule has 0 spiro atoms. The molecule has 0 amide bonds. The van der Waals surface area contributed by atoms with Crippen LogP contribution in [0.5, 0.6) is 0 Å². The second-order valence-corrected chi connectivity index (χ2v) is 8.58. The summed E-state index contributed by atoms with van der Waals surface area (Å²) in [6, 6.07) is 0. The molecular formula is C13H16F11I. The Kier molecular flexibility index (Phi) is 7.52.